The van der Waals surface area contributed by atoms with E-state index >= 15 is 4.39 Å². The second kappa shape index (κ2) is 7.43. The van der Waals surface area contributed by atoms with Crippen molar-refractivity contribution < 1.29 is 18.8 Å². The van der Waals surface area contributed by atoms with Crippen LogP contribution in [0.5, 0.6) is 0 Å². The van der Waals surface area contributed by atoms with Gasteiger partial charge in [-0.2, -0.15) is 0 Å². The molecule has 1 saturated heterocycles. The van der Waals surface area contributed by atoms with E-state index < -0.39 is 17.5 Å². The summed E-state index contributed by atoms with van der Waals surface area (Å²) in [6.45, 7) is 0.0473. The summed E-state index contributed by atoms with van der Waals surface area (Å²) in [7, 11) is 0. The number of rotatable bonds is 3. The molecule has 0 aliphatic carbocycles. The standard InChI is InChI=1S/C21H17Cl2FN2O3/c22-16-6-5-13(11-17(16)23)18(27)25-9-7-21(24,8-10-25)12-26-19(28)14-3-1-2-4-15(14)20(26)29/h1-6,11H,7-10,12H2. The SMILES string of the molecule is O=C(c1ccc(Cl)c(Cl)c1)N1CCC(F)(CN2C(=O)c3ccccc3C2=O)CC1. The fraction of sp³-hybridized carbons (Fsp3) is 0.286. The maximum Gasteiger partial charge on any atom is 0.261 e. The molecule has 150 valence electrons. The van der Waals surface area contributed by atoms with Crippen molar-refractivity contribution in [3.05, 3.63) is 69.2 Å². The molecule has 0 unspecified atom stereocenters. The molecular weight excluding hydrogens is 418 g/mol. The van der Waals surface area contributed by atoms with Gasteiger partial charge in [-0.05, 0) is 30.3 Å². The monoisotopic (exact) mass is 434 g/mol. The van der Waals surface area contributed by atoms with E-state index in [0.29, 0.717) is 21.7 Å². The first kappa shape index (κ1) is 19.9. The fourth-order valence-electron chi connectivity index (χ4n) is 3.75. The van der Waals surface area contributed by atoms with Gasteiger partial charge in [0.25, 0.3) is 17.7 Å². The predicted molar refractivity (Wildman–Crippen MR) is 107 cm³/mol. The van der Waals surface area contributed by atoms with Crippen molar-refractivity contribution in [3.8, 4) is 0 Å². The van der Waals surface area contributed by atoms with E-state index in [1.807, 2.05) is 0 Å². The maximum absolute atomic E-state index is 15.4. The van der Waals surface area contributed by atoms with Crippen LogP contribution in [0.1, 0.15) is 43.9 Å². The fourth-order valence-corrected chi connectivity index (χ4v) is 4.04. The zero-order valence-corrected chi connectivity index (χ0v) is 16.8. The lowest BCUT2D eigenvalue weighted by molar-refractivity contribution is 0.0215. The van der Waals surface area contributed by atoms with Crippen molar-refractivity contribution in [2.45, 2.75) is 18.5 Å². The van der Waals surface area contributed by atoms with Gasteiger partial charge in [0.05, 0.1) is 27.7 Å². The van der Waals surface area contributed by atoms with Crippen LogP contribution >= 0.6 is 23.2 Å². The van der Waals surface area contributed by atoms with Crippen LogP contribution in [0.2, 0.25) is 10.0 Å². The first-order chi connectivity index (χ1) is 13.8. The molecule has 8 heteroatoms. The number of imide groups is 1. The molecule has 2 aromatic rings. The number of nitrogens with zero attached hydrogens (tertiary/aromatic N) is 2. The summed E-state index contributed by atoms with van der Waals surface area (Å²) >= 11 is 11.9. The Morgan fingerprint density at radius 3 is 2.10 bits per heavy atom. The number of fused-ring (bicyclic) bond motifs is 1. The lowest BCUT2D eigenvalue weighted by atomic mass is 9.92. The zero-order valence-electron chi connectivity index (χ0n) is 15.3. The van der Waals surface area contributed by atoms with Gasteiger partial charge < -0.3 is 4.90 Å². The molecular formula is C21H17Cl2FN2O3. The van der Waals surface area contributed by atoms with Crippen LogP contribution in [-0.4, -0.2) is 52.8 Å². The minimum absolute atomic E-state index is 0.0352. The molecule has 29 heavy (non-hydrogen) atoms. The molecule has 0 N–H and O–H groups in total. The number of likely N-dealkylation sites (tertiary alicyclic amines) is 1. The van der Waals surface area contributed by atoms with Gasteiger partial charge >= 0.3 is 0 Å². The molecule has 2 aliphatic heterocycles. The van der Waals surface area contributed by atoms with Crippen molar-refractivity contribution in [2.24, 2.45) is 0 Å². The molecule has 0 saturated carbocycles. The van der Waals surface area contributed by atoms with E-state index in [1.54, 1.807) is 41.3 Å². The summed E-state index contributed by atoms with van der Waals surface area (Å²) in [6.07, 6.45) is 0.0704. The molecule has 0 bridgehead atoms. The average Bonchev–Trinajstić information content (AvgIpc) is 2.95. The third kappa shape index (κ3) is 3.63. The second-order valence-electron chi connectivity index (χ2n) is 7.31. The second-order valence-corrected chi connectivity index (χ2v) is 8.13. The molecule has 0 aromatic heterocycles. The summed E-state index contributed by atoms with van der Waals surface area (Å²) in [5.74, 6) is -1.21. The Balaban J connectivity index is 1.42. The van der Waals surface area contributed by atoms with Crippen molar-refractivity contribution in [1.82, 2.24) is 9.80 Å². The van der Waals surface area contributed by atoms with Gasteiger partial charge in [-0.3, -0.25) is 19.3 Å². The topological polar surface area (TPSA) is 57.7 Å². The van der Waals surface area contributed by atoms with E-state index in [0.717, 1.165) is 4.90 Å². The molecule has 4 rings (SSSR count). The summed E-state index contributed by atoms with van der Waals surface area (Å²) in [4.78, 5) is 40.2. The van der Waals surface area contributed by atoms with Gasteiger partial charge in [0, 0.05) is 31.5 Å². The van der Waals surface area contributed by atoms with E-state index in [2.05, 4.69) is 0 Å². The van der Waals surface area contributed by atoms with Gasteiger partial charge in [-0.15, -0.1) is 0 Å². The van der Waals surface area contributed by atoms with E-state index in [9.17, 15) is 14.4 Å². The first-order valence-electron chi connectivity index (χ1n) is 9.17. The molecule has 2 aromatic carbocycles. The normalized spacial score (nSPS) is 18.2. The van der Waals surface area contributed by atoms with Crippen molar-refractivity contribution in [2.75, 3.05) is 19.6 Å². The van der Waals surface area contributed by atoms with Crippen LogP contribution in [0.4, 0.5) is 4.39 Å². The van der Waals surface area contributed by atoms with E-state index in [4.69, 9.17) is 23.2 Å². The number of halogens is 3. The highest BCUT2D eigenvalue weighted by atomic mass is 35.5. The largest absolute Gasteiger partial charge is 0.338 e. The van der Waals surface area contributed by atoms with Gasteiger partial charge in [0.15, 0.2) is 0 Å². The maximum atomic E-state index is 15.4. The summed E-state index contributed by atoms with van der Waals surface area (Å²) < 4.78 is 15.4. The number of carbonyl (C=O) groups is 3. The minimum atomic E-state index is -1.73. The Hall–Kier alpha value is -2.44. The third-order valence-electron chi connectivity index (χ3n) is 5.43. The van der Waals surface area contributed by atoms with Crippen molar-refractivity contribution >= 4 is 40.9 Å². The minimum Gasteiger partial charge on any atom is -0.338 e. The highest BCUT2D eigenvalue weighted by Gasteiger charge is 2.44. The lowest BCUT2D eigenvalue weighted by Gasteiger charge is -2.38. The quantitative estimate of drug-likeness (QED) is 0.678. The Morgan fingerprint density at radius 2 is 1.55 bits per heavy atom. The third-order valence-corrected chi connectivity index (χ3v) is 6.17. The van der Waals surface area contributed by atoms with Crippen LogP contribution in [0, 0.1) is 0 Å². The molecule has 0 spiro atoms. The number of carbonyl (C=O) groups excluding carboxylic acids is 3. The van der Waals surface area contributed by atoms with Gasteiger partial charge in [0.1, 0.15) is 5.67 Å². The van der Waals surface area contributed by atoms with Crippen LogP contribution in [-0.2, 0) is 0 Å². The van der Waals surface area contributed by atoms with Crippen molar-refractivity contribution in [1.29, 1.82) is 0 Å². The first-order valence-corrected chi connectivity index (χ1v) is 9.93. The number of hydrogen-bond acceptors (Lipinski definition) is 3. The van der Waals surface area contributed by atoms with Crippen LogP contribution in [0.3, 0.4) is 0 Å². The van der Waals surface area contributed by atoms with Crippen LogP contribution in [0.15, 0.2) is 42.5 Å². The average molecular weight is 435 g/mol. The molecule has 1 fully saturated rings. The Bertz CT molecular complexity index is 984. The summed E-state index contributed by atoms with van der Waals surface area (Å²) in [6, 6.07) is 11.1. The van der Waals surface area contributed by atoms with E-state index in [-0.39, 0.29) is 43.4 Å². The summed E-state index contributed by atoms with van der Waals surface area (Å²) in [5, 5.41) is 0.630. The number of piperidine rings is 1. The lowest BCUT2D eigenvalue weighted by Crippen LogP contribution is -2.50. The Kier molecular flexibility index (Phi) is 5.09. The predicted octanol–water partition coefficient (Wildman–Crippen LogP) is 4.23. The van der Waals surface area contributed by atoms with Gasteiger partial charge in [0.2, 0.25) is 0 Å². The van der Waals surface area contributed by atoms with Crippen LogP contribution in [0.25, 0.3) is 0 Å². The zero-order chi connectivity index (χ0) is 20.8. The number of hydrogen-bond donors (Lipinski definition) is 0. The summed E-state index contributed by atoms with van der Waals surface area (Å²) in [5.41, 5.74) is -0.755. The number of amides is 3. The smallest absolute Gasteiger partial charge is 0.261 e. The molecule has 2 heterocycles. The molecule has 3 amide bonds. The number of alkyl halides is 1. The highest BCUT2D eigenvalue weighted by Crippen LogP contribution is 2.32. The van der Waals surface area contributed by atoms with E-state index in [1.165, 1.54) is 6.07 Å². The molecule has 5 nitrogen and oxygen atoms in total. The Morgan fingerprint density at radius 1 is 0.966 bits per heavy atom. The van der Waals surface area contributed by atoms with Gasteiger partial charge in [-0.1, -0.05) is 35.3 Å². The Labute approximate surface area is 177 Å². The highest BCUT2D eigenvalue weighted by molar-refractivity contribution is 6.42. The van der Waals surface area contributed by atoms with Crippen molar-refractivity contribution in [3.63, 3.8) is 0 Å². The van der Waals surface area contributed by atoms with Crippen LogP contribution < -0.4 is 0 Å². The molecule has 2 aliphatic rings. The molecule has 0 atom stereocenters. The van der Waals surface area contributed by atoms with Gasteiger partial charge in [-0.25, -0.2) is 4.39 Å². The molecule has 0 radical (unpaired) electrons. The number of benzene rings is 2.